The minimum Gasteiger partial charge on any atom is -0.454 e. The van der Waals surface area contributed by atoms with Crippen molar-refractivity contribution in [2.75, 3.05) is 12.1 Å². The number of hydrogen-bond acceptors (Lipinski definition) is 7. The van der Waals surface area contributed by atoms with E-state index in [-0.39, 0.29) is 30.5 Å². The number of aryl methyl sites for hydroxylation is 1. The van der Waals surface area contributed by atoms with Crippen molar-refractivity contribution < 1.29 is 23.6 Å². The summed E-state index contributed by atoms with van der Waals surface area (Å²) in [5.74, 6) is 1.29. The minimum absolute atomic E-state index is 0.0939. The summed E-state index contributed by atoms with van der Waals surface area (Å²) in [6.45, 7) is 2.19. The molecule has 9 heteroatoms. The number of anilines is 1. The van der Waals surface area contributed by atoms with Crippen LogP contribution in [0, 0.1) is 6.92 Å². The largest absolute Gasteiger partial charge is 0.454 e. The topological polar surface area (TPSA) is 116 Å². The maximum atomic E-state index is 12.4. The summed E-state index contributed by atoms with van der Waals surface area (Å²) in [4.78, 5) is 28.8. The highest BCUT2D eigenvalue weighted by Crippen LogP contribution is 2.32. The molecule has 2 N–H and O–H groups in total. The zero-order valence-electron chi connectivity index (χ0n) is 14.9. The van der Waals surface area contributed by atoms with Gasteiger partial charge in [0.2, 0.25) is 6.79 Å². The van der Waals surface area contributed by atoms with E-state index in [1.807, 2.05) is 6.07 Å². The number of amides is 2. The third kappa shape index (κ3) is 3.78. The van der Waals surface area contributed by atoms with Gasteiger partial charge in [0.15, 0.2) is 17.3 Å². The summed E-state index contributed by atoms with van der Waals surface area (Å²) >= 11 is 0. The van der Waals surface area contributed by atoms with Gasteiger partial charge in [0, 0.05) is 12.6 Å². The molecule has 1 aliphatic heterocycles. The van der Waals surface area contributed by atoms with Gasteiger partial charge < -0.3 is 24.6 Å². The number of hydrogen-bond donors (Lipinski definition) is 2. The van der Waals surface area contributed by atoms with Gasteiger partial charge in [-0.1, -0.05) is 17.3 Å². The molecule has 0 unspecified atom stereocenters. The molecule has 0 saturated heterocycles. The summed E-state index contributed by atoms with van der Waals surface area (Å²) in [7, 11) is 0. The molecule has 3 heterocycles. The van der Waals surface area contributed by atoms with E-state index in [9.17, 15) is 9.59 Å². The second kappa shape index (κ2) is 7.39. The van der Waals surface area contributed by atoms with Gasteiger partial charge in [0.05, 0.1) is 0 Å². The van der Waals surface area contributed by atoms with E-state index >= 15 is 0 Å². The molecular weight excluding hydrogens is 364 g/mol. The summed E-state index contributed by atoms with van der Waals surface area (Å²) in [5.41, 5.74) is 1.08. The lowest BCUT2D eigenvalue weighted by molar-refractivity contribution is 0.0945. The number of pyridine rings is 1. The van der Waals surface area contributed by atoms with Crippen molar-refractivity contribution in [1.29, 1.82) is 0 Å². The van der Waals surface area contributed by atoms with E-state index in [2.05, 4.69) is 20.8 Å². The number of nitrogens with zero attached hydrogens (tertiary/aromatic N) is 2. The van der Waals surface area contributed by atoms with Crippen LogP contribution in [0.25, 0.3) is 0 Å². The maximum absolute atomic E-state index is 12.4. The molecule has 0 aliphatic carbocycles. The van der Waals surface area contributed by atoms with Crippen molar-refractivity contribution in [3.8, 4) is 11.5 Å². The normalized spacial score (nSPS) is 11.9. The Bertz CT molecular complexity index is 1050. The lowest BCUT2D eigenvalue weighted by Gasteiger charge is -2.07. The van der Waals surface area contributed by atoms with Crippen LogP contribution in [-0.2, 0) is 6.54 Å². The summed E-state index contributed by atoms with van der Waals surface area (Å²) in [5, 5.41) is 9.03. The Morgan fingerprint density at radius 2 is 1.82 bits per heavy atom. The van der Waals surface area contributed by atoms with Gasteiger partial charge in [0.1, 0.15) is 17.1 Å². The fourth-order valence-electron chi connectivity index (χ4n) is 2.62. The Labute approximate surface area is 159 Å². The van der Waals surface area contributed by atoms with E-state index in [0.29, 0.717) is 17.3 Å². The zero-order chi connectivity index (χ0) is 19.5. The van der Waals surface area contributed by atoms with Crippen molar-refractivity contribution >= 4 is 17.6 Å². The number of ether oxygens (including phenoxy) is 2. The monoisotopic (exact) mass is 380 g/mol. The van der Waals surface area contributed by atoms with Crippen LogP contribution in [0.2, 0.25) is 0 Å². The van der Waals surface area contributed by atoms with Crippen LogP contribution >= 0.6 is 0 Å². The molecule has 9 nitrogen and oxygen atoms in total. The molecule has 1 aliphatic rings. The fraction of sp³-hybridized carbons (Fsp3) is 0.158. The lowest BCUT2D eigenvalue weighted by Crippen LogP contribution is -2.25. The van der Waals surface area contributed by atoms with Gasteiger partial charge in [-0.15, -0.1) is 0 Å². The molecule has 1 aromatic carbocycles. The molecular formula is C19H16N4O5. The van der Waals surface area contributed by atoms with Gasteiger partial charge in [-0.25, -0.2) is 4.98 Å². The number of rotatable bonds is 5. The third-order valence-electron chi connectivity index (χ3n) is 3.97. The van der Waals surface area contributed by atoms with Crippen LogP contribution in [0.15, 0.2) is 47.0 Å². The first kappa shape index (κ1) is 17.5. The SMILES string of the molecule is Cc1cc(NC(=O)c2cccc(C(=O)NCc3ccc4c(c3)OCO4)n2)no1. The number of carbonyl (C=O) groups excluding carboxylic acids is 2. The van der Waals surface area contributed by atoms with Crippen LogP contribution in [0.3, 0.4) is 0 Å². The molecule has 0 fully saturated rings. The quantitative estimate of drug-likeness (QED) is 0.698. The summed E-state index contributed by atoms with van der Waals surface area (Å²) < 4.78 is 15.5. The highest BCUT2D eigenvalue weighted by Gasteiger charge is 2.16. The maximum Gasteiger partial charge on any atom is 0.275 e. The molecule has 142 valence electrons. The summed E-state index contributed by atoms with van der Waals surface area (Å²) in [6, 6.07) is 11.7. The van der Waals surface area contributed by atoms with Crippen LogP contribution in [0.1, 0.15) is 32.3 Å². The third-order valence-corrected chi connectivity index (χ3v) is 3.97. The first-order valence-corrected chi connectivity index (χ1v) is 8.47. The molecule has 4 rings (SSSR count). The van der Waals surface area contributed by atoms with Crippen LogP contribution in [-0.4, -0.2) is 28.7 Å². The molecule has 2 aromatic heterocycles. The highest BCUT2D eigenvalue weighted by atomic mass is 16.7. The van der Waals surface area contributed by atoms with Gasteiger partial charge in [0.25, 0.3) is 11.8 Å². The Morgan fingerprint density at radius 3 is 2.61 bits per heavy atom. The average Bonchev–Trinajstić information content (AvgIpc) is 3.34. The molecule has 0 radical (unpaired) electrons. The second-order valence-electron chi connectivity index (χ2n) is 6.06. The van der Waals surface area contributed by atoms with Gasteiger partial charge in [-0.05, 0) is 36.8 Å². The van der Waals surface area contributed by atoms with Crippen molar-refractivity contribution in [3.63, 3.8) is 0 Å². The van der Waals surface area contributed by atoms with Gasteiger partial charge >= 0.3 is 0 Å². The van der Waals surface area contributed by atoms with E-state index in [4.69, 9.17) is 14.0 Å². The molecule has 0 bridgehead atoms. The number of benzene rings is 1. The zero-order valence-corrected chi connectivity index (χ0v) is 14.9. The fourth-order valence-corrected chi connectivity index (χ4v) is 2.62. The van der Waals surface area contributed by atoms with Crippen molar-refractivity contribution in [1.82, 2.24) is 15.5 Å². The second-order valence-corrected chi connectivity index (χ2v) is 6.06. The molecule has 0 saturated carbocycles. The van der Waals surface area contributed by atoms with Gasteiger partial charge in [-0.2, -0.15) is 0 Å². The Kier molecular flexibility index (Phi) is 4.63. The lowest BCUT2D eigenvalue weighted by atomic mass is 10.2. The molecule has 2 amide bonds. The smallest absolute Gasteiger partial charge is 0.275 e. The molecule has 0 atom stereocenters. The van der Waals surface area contributed by atoms with Crippen molar-refractivity contribution in [2.24, 2.45) is 0 Å². The standard InChI is InChI=1S/C19H16N4O5/c1-11-7-17(23-28-11)22-19(25)14-4-2-3-13(21-14)18(24)20-9-12-5-6-15-16(8-12)27-10-26-15/h2-8H,9-10H2,1H3,(H,20,24)(H,22,23,25). The van der Waals surface area contributed by atoms with Crippen LogP contribution in [0.5, 0.6) is 11.5 Å². The van der Waals surface area contributed by atoms with Crippen molar-refractivity contribution in [3.05, 3.63) is 65.2 Å². The average molecular weight is 380 g/mol. The number of nitrogens with one attached hydrogen (secondary N) is 2. The highest BCUT2D eigenvalue weighted by molar-refractivity contribution is 6.03. The number of aromatic nitrogens is 2. The Morgan fingerprint density at radius 1 is 1.04 bits per heavy atom. The molecule has 28 heavy (non-hydrogen) atoms. The number of carbonyl (C=O) groups is 2. The number of fused-ring (bicyclic) bond motifs is 1. The molecule has 3 aromatic rings. The molecule has 0 spiro atoms. The van der Waals surface area contributed by atoms with E-state index in [0.717, 1.165) is 5.56 Å². The van der Waals surface area contributed by atoms with E-state index < -0.39 is 11.8 Å². The van der Waals surface area contributed by atoms with Crippen LogP contribution in [0.4, 0.5) is 5.82 Å². The van der Waals surface area contributed by atoms with Crippen molar-refractivity contribution in [2.45, 2.75) is 13.5 Å². The first-order chi connectivity index (χ1) is 13.6. The minimum atomic E-state index is -0.487. The Hall–Kier alpha value is -3.88. The summed E-state index contributed by atoms with van der Waals surface area (Å²) in [6.07, 6.45) is 0. The van der Waals surface area contributed by atoms with Crippen LogP contribution < -0.4 is 20.1 Å². The first-order valence-electron chi connectivity index (χ1n) is 8.47. The Balaban J connectivity index is 1.40. The van der Waals surface area contributed by atoms with E-state index in [1.54, 1.807) is 31.2 Å². The van der Waals surface area contributed by atoms with E-state index in [1.165, 1.54) is 12.1 Å². The predicted octanol–water partition coefficient (Wildman–Crippen LogP) is 2.29. The van der Waals surface area contributed by atoms with Gasteiger partial charge in [-0.3, -0.25) is 9.59 Å². The predicted molar refractivity (Wildman–Crippen MR) is 97.2 cm³/mol.